The Hall–Kier alpha value is -2.56. The van der Waals surface area contributed by atoms with Gasteiger partial charge in [-0.3, -0.25) is 4.79 Å². The lowest BCUT2D eigenvalue weighted by atomic mass is 10.1. The van der Waals surface area contributed by atoms with E-state index in [1.807, 2.05) is 12.1 Å². The number of hydrogen-bond acceptors (Lipinski definition) is 3. The molecule has 1 heterocycles. The molecule has 0 aliphatic carbocycles. The van der Waals surface area contributed by atoms with E-state index in [0.717, 1.165) is 24.2 Å². The standard InChI is InChI=1S/C16H15FN2O2/c1-21-15-5-3-12(9-13(15)17)19-16(20)11-2-4-14-10(8-11)6-7-18-14/h2-5,8-9,18H,6-7H2,1H3,(H,19,20). The van der Waals surface area contributed by atoms with Crippen LogP contribution in [0.4, 0.5) is 15.8 Å². The van der Waals surface area contributed by atoms with Crippen molar-refractivity contribution in [2.24, 2.45) is 0 Å². The van der Waals surface area contributed by atoms with Gasteiger partial charge in [0, 0.05) is 29.5 Å². The molecule has 0 radical (unpaired) electrons. The number of nitrogens with one attached hydrogen (secondary N) is 2. The molecule has 0 saturated carbocycles. The molecule has 0 bridgehead atoms. The zero-order chi connectivity index (χ0) is 14.8. The third-order valence-corrected chi connectivity index (χ3v) is 3.49. The number of rotatable bonds is 3. The van der Waals surface area contributed by atoms with E-state index in [0.29, 0.717) is 11.3 Å². The monoisotopic (exact) mass is 286 g/mol. The molecule has 1 amide bonds. The predicted octanol–water partition coefficient (Wildman–Crippen LogP) is 3.05. The van der Waals surface area contributed by atoms with E-state index >= 15 is 0 Å². The molecule has 1 aliphatic heterocycles. The van der Waals surface area contributed by atoms with E-state index in [1.165, 1.54) is 19.2 Å². The van der Waals surface area contributed by atoms with E-state index in [9.17, 15) is 9.18 Å². The Balaban J connectivity index is 1.78. The molecule has 0 aromatic heterocycles. The predicted molar refractivity (Wildman–Crippen MR) is 79.5 cm³/mol. The lowest BCUT2D eigenvalue weighted by Crippen LogP contribution is -2.12. The molecule has 0 unspecified atom stereocenters. The van der Waals surface area contributed by atoms with E-state index < -0.39 is 5.82 Å². The molecule has 108 valence electrons. The highest BCUT2D eigenvalue weighted by Crippen LogP contribution is 2.24. The minimum atomic E-state index is -0.506. The fraction of sp³-hybridized carbons (Fsp3) is 0.188. The number of carbonyl (C=O) groups excluding carboxylic acids is 1. The van der Waals surface area contributed by atoms with Crippen LogP contribution in [0.2, 0.25) is 0 Å². The number of benzene rings is 2. The third kappa shape index (κ3) is 2.67. The molecule has 2 aromatic carbocycles. The van der Waals surface area contributed by atoms with Crippen LogP contribution in [-0.2, 0) is 6.42 Å². The Kier molecular flexibility index (Phi) is 3.48. The second-order valence-electron chi connectivity index (χ2n) is 4.85. The highest BCUT2D eigenvalue weighted by atomic mass is 19.1. The van der Waals surface area contributed by atoms with Crippen molar-refractivity contribution in [3.8, 4) is 5.75 Å². The molecular weight excluding hydrogens is 271 g/mol. The van der Waals surface area contributed by atoms with Gasteiger partial charge >= 0.3 is 0 Å². The van der Waals surface area contributed by atoms with Crippen molar-refractivity contribution in [2.45, 2.75) is 6.42 Å². The number of halogens is 1. The van der Waals surface area contributed by atoms with Gasteiger partial charge in [-0.05, 0) is 42.3 Å². The molecule has 4 nitrogen and oxygen atoms in total. The topological polar surface area (TPSA) is 50.4 Å². The zero-order valence-electron chi connectivity index (χ0n) is 11.6. The van der Waals surface area contributed by atoms with Crippen LogP contribution in [0.5, 0.6) is 5.75 Å². The largest absolute Gasteiger partial charge is 0.494 e. The van der Waals surface area contributed by atoms with Crippen LogP contribution >= 0.6 is 0 Å². The van der Waals surface area contributed by atoms with Gasteiger partial charge in [-0.25, -0.2) is 4.39 Å². The van der Waals surface area contributed by atoms with Gasteiger partial charge < -0.3 is 15.4 Å². The highest BCUT2D eigenvalue weighted by molar-refractivity contribution is 6.04. The lowest BCUT2D eigenvalue weighted by Gasteiger charge is -2.08. The van der Waals surface area contributed by atoms with Gasteiger partial charge in [0.2, 0.25) is 0 Å². The van der Waals surface area contributed by atoms with Crippen molar-refractivity contribution >= 4 is 17.3 Å². The first-order valence-electron chi connectivity index (χ1n) is 6.69. The molecule has 1 aliphatic rings. The van der Waals surface area contributed by atoms with Crippen molar-refractivity contribution in [3.63, 3.8) is 0 Å². The van der Waals surface area contributed by atoms with E-state index in [-0.39, 0.29) is 11.7 Å². The number of methoxy groups -OCH3 is 1. The quantitative estimate of drug-likeness (QED) is 0.911. The van der Waals surface area contributed by atoms with Crippen LogP contribution < -0.4 is 15.4 Å². The molecule has 21 heavy (non-hydrogen) atoms. The first-order valence-corrected chi connectivity index (χ1v) is 6.69. The fourth-order valence-electron chi connectivity index (χ4n) is 2.39. The fourth-order valence-corrected chi connectivity index (χ4v) is 2.39. The second kappa shape index (κ2) is 5.44. The number of amides is 1. The smallest absolute Gasteiger partial charge is 0.255 e. The number of fused-ring (bicyclic) bond motifs is 1. The third-order valence-electron chi connectivity index (χ3n) is 3.49. The zero-order valence-corrected chi connectivity index (χ0v) is 11.6. The minimum absolute atomic E-state index is 0.150. The van der Waals surface area contributed by atoms with Gasteiger partial charge in [0.25, 0.3) is 5.91 Å². The average molecular weight is 286 g/mol. The van der Waals surface area contributed by atoms with Gasteiger partial charge in [0.1, 0.15) is 0 Å². The maximum absolute atomic E-state index is 13.6. The molecule has 0 atom stereocenters. The minimum Gasteiger partial charge on any atom is -0.494 e. The normalized spacial score (nSPS) is 12.5. The molecule has 0 saturated heterocycles. The SMILES string of the molecule is COc1ccc(NC(=O)c2ccc3c(c2)CCN3)cc1F. The number of hydrogen-bond donors (Lipinski definition) is 2. The summed E-state index contributed by atoms with van der Waals surface area (Å²) < 4.78 is 18.4. The number of carbonyl (C=O) groups is 1. The van der Waals surface area contributed by atoms with Crippen LogP contribution in [0.3, 0.4) is 0 Å². The number of anilines is 2. The Labute approximate surface area is 121 Å². The summed E-state index contributed by atoms with van der Waals surface area (Å²) in [6.45, 7) is 0.893. The highest BCUT2D eigenvalue weighted by Gasteiger charge is 2.14. The lowest BCUT2D eigenvalue weighted by molar-refractivity contribution is 0.102. The summed E-state index contributed by atoms with van der Waals surface area (Å²) in [5.41, 5.74) is 3.16. The van der Waals surface area contributed by atoms with Crippen LogP contribution in [0.1, 0.15) is 15.9 Å². The van der Waals surface area contributed by atoms with Gasteiger partial charge in [-0.2, -0.15) is 0 Å². The summed E-state index contributed by atoms with van der Waals surface area (Å²) in [4.78, 5) is 12.2. The molecule has 0 spiro atoms. The van der Waals surface area contributed by atoms with E-state index in [2.05, 4.69) is 10.6 Å². The maximum Gasteiger partial charge on any atom is 0.255 e. The van der Waals surface area contributed by atoms with E-state index in [4.69, 9.17) is 4.74 Å². The van der Waals surface area contributed by atoms with Crippen molar-refractivity contribution in [1.29, 1.82) is 0 Å². The first kappa shape index (κ1) is 13.4. The second-order valence-corrected chi connectivity index (χ2v) is 4.85. The van der Waals surface area contributed by atoms with Gasteiger partial charge in [0.15, 0.2) is 11.6 Å². The Morgan fingerprint density at radius 3 is 2.90 bits per heavy atom. The maximum atomic E-state index is 13.6. The molecule has 2 aromatic rings. The van der Waals surface area contributed by atoms with Crippen LogP contribution in [0.15, 0.2) is 36.4 Å². The Morgan fingerprint density at radius 1 is 1.29 bits per heavy atom. The van der Waals surface area contributed by atoms with Gasteiger partial charge in [-0.1, -0.05) is 0 Å². The summed E-state index contributed by atoms with van der Waals surface area (Å²) in [7, 11) is 1.40. The molecule has 3 rings (SSSR count). The van der Waals surface area contributed by atoms with Crippen molar-refractivity contribution in [1.82, 2.24) is 0 Å². The summed E-state index contributed by atoms with van der Waals surface area (Å²) in [5.74, 6) is -0.612. The molecule has 2 N–H and O–H groups in total. The summed E-state index contributed by atoms with van der Waals surface area (Å²) in [6, 6.07) is 9.85. The van der Waals surface area contributed by atoms with Gasteiger partial charge in [0.05, 0.1) is 7.11 Å². The Morgan fingerprint density at radius 2 is 2.14 bits per heavy atom. The van der Waals surface area contributed by atoms with E-state index in [1.54, 1.807) is 12.1 Å². The average Bonchev–Trinajstić information content (AvgIpc) is 2.94. The molecular formula is C16H15FN2O2. The summed E-state index contributed by atoms with van der Waals surface area (Å²) in [5, 5.41) is 5.93. The van der Waals surface area contributed by atoms with Crippen molar-refractivity contribution in [2.75, 3.05) is 24.3 Å². The summed E-state index contributed by atoms with van der Waals surface area (Å²) >= 11 is 0. The van der Waals surface area contributed by atoms with Crippen molar-refractivity contribution < 1.29 is 13.9 Å². The van der Waals surface area contributed by atoms with Crippen LogP contribution in [0.25, 0.3) is 0 Å². The molecule has 5 heteroatoms. The molecule has 0 fully saturated rings. The van der Waals surface area contributed by atoms with Crippen LogP contribution in [0, 0.1) is 5.82 Å². The summed E-state index contributed by atoms with van der Waals surface area (Å²) in [6.07, 6.45) is 0.910. The van der Waals surface area contributed by atoms with Gasteiger partial charge in [-0.15, -0.1) is 0 Å². The Bertz CT molecular complexity index is 701. The first-order chi connectivity index (χ1) is 10.2. The van der Waals surface area contributed by atoms with Crippen LogP contribution in [-0.4, -0.2) is 19.6 Å². The number of ether oxygens (including phenoxy) is 1. The van der Waals surface area contributed by atoms with Crippen molar-refractivity contribution in [3.05, 3.63) is 53.3 Å².